The van der Waals surface area contributed by atoms with E-state index in [0.29, 0.717) is 10.0 Å². The molecular weight excluding hydrogens is 264 g/mol. The van der Waals surface area contributed by atoms with Crippen molar-refractivity contribution in [3.05, 3.63) is 15.1 Å². The first-order chi connectivity index (χ1) is 8.25. The molecule has 0 fully saturated rings. The minimum atomic E-state index is -1.15. The number of nitrogens with one attached hydrogen (secondary N) is 2. The van der Waals surface area contributed by atoms with Gasteiger partial charge in [-0.15, -0.1) is 0 Å². The van der Waals surface area contributed by atoms with Crippen molar-refractivity contribution in [3.8, 4) is 0 Å². The molecule has 0 saturated heterocycles. The number of rotatable bonds is 2. The van der Waals surface area contributed by atoms with Crippen LogP contribution < -0.4 is 38.7 Å². The Morgan fingerprint density at radius 3 is 2.00 bits per heavy atom. The van der Waals surface area contributed by atoms with Gasteiger partial charge in [0.2, 0.25) is 0 Å². The normalized spacial score (nSPS) is 9.89. The number of urea groups is 2. The molecule has 11 nitrogen and oxygen atoms in total. The molecule has 0 spiro atoms. The first-order valence-corrected chi connectivity index (χ1v) is 4.71. The number of primary amides is 2. The lowest BCUT2D eigenvalue weighted by atomic mass is 10.4. The zero-order valence-corrected chi connectivity index (χ0v) is 9.65. The van der Waals surface area contributed by atoms with E-state index in [1.807, 2.05) is 0 Å². The van der Waals surface area contributed by atoms with Crippen LogP contribution in [0.3, 0.4) is 0 Å². The summed E-state index contributed by atoms with van der Waals surface area (Å²) in [5.41, 5.74) is 8.48. The van der Waals surface area contributed by atoms with Crippen LogP contribution in [0.15, 0.2) is 4.79 Å². The van der Waals surface area contributed by atoms with Gasteiger partial charge in [0.1, 0.15) is 0 Å². The van der Waals surface area contributed by atoms with Crippen molar-refractivity contribution in [1.82, 2.24) is 9.97 Å². The lowest BCUT2D eigenvalue weighted by molar-refractivity contribution is 0.252. The van der Waals surface area contributed by atoms with Crippen molar-refractivity contribution in [2.75, 3.05) is 10.0 Å². The van der Waals surface area contributed by atoms with Crippen LogP contribution in [0.5, 0.6) is 0 Å². The summed E-state index contributed by atoms with van der Waals surface area (Å²) >= 11 is 4.68. The number of H-pyrrole nitrogens is 2. The van der Waals surface area contributed by atoms with Crippen LogP contribution in [0.1, 0.15) is 0 Å². The van der Waals surface area contributed by atoms with Crippen LogP contribution in [0, 0.1) is 4.77 Å². The van der Waals surface area contributed by atoms with Gasteiger partial charge in [0.25, 0.3) is 5.56 Å². The first-order valence-electron chi connectivity index (χ1n) is 4.30. The zero-order valence-electron chi connectivity index (χ0n) is 8.84. The van der Waals surface area contributed by atoms with Crippen LogP contribution in [0.4, 0.5) is 21.1 Å². The minimum absolute atomic E-state index is 0.145. The van der Waals surface area contributed by atoms with Gasteiger partial charge in [-0.1, -0.05) is 0 Å². The van der Waals surface area contributed by atoms with E-state index in [0.717, 1.165) is 0 Å². The molecule has 1 rings (SSSR count). The molecular formula is C6H10N8O3S. The van der Waals surface area contributed by atoms with Crippen molar-refractivity contribution in [3.63, 3.8) is 0 Å². The summed E-state index contributed by atoms with van der Waals surface area (Å²) in [6.45, 7) is 0. The van der Waals surface area contributed by atoms with Gasteiger partial charge in [0, 0.05) is 0 Å². The van der Waals surface area contributed by atoms with Gasteiger partial charge in [-0.2, -0.15) is 0 Å². The maximum Gasteiger partial charge on any atom is 0.335 e. The van der Waals surface area contributed by atoms with E-state index in [2.05, 4.69) is 22.2 Å². The van der Waals surface area contributed by atoms with E-state index in [-0.39, 0.29) is 10.6 Å². The Labute approximate surface area is 104 Å². The van der Waals surface area contributed by atoms with Gasteiger partial charge in [0.15, 0.2) is 16.3 Å². The lowest BCUT2D eigenvalue weighted by Crippen LogP contribution is -2.49. The largest absolute Gasteiger partial charge is 0.350 e. The molecule has 0 aliphatic heterocycles. The second-order valence-corrected chi connectivity index (χ2v) is 3.43. The van der Waals surface area contributed by atoms with Gasteiger partial charge >= 0.3 is 12.1 Å². The van der Waals surface area contributed by atoms with Gasteiger partial charge in [0.05, 0.1) is 0 Å². The van der Waals surface area contributed by atoms with Crippen molar-refractivity contribution in [1.29, 1.82) is 0 Å². The van der Waals surface area contributed by atoms with Gasteiger partial charge in [-0.3, -0.25) is 9.78 Å². The number of hydrazine groups is 2. The summed E-state index contributed by atoms with van der Waals surface area (Å²) in [5, 5.41) is 0.658. The zero-order chi connectivity index (χ0) is 14.0. The molecule has 4 amide bonds. The van der Waals surface area contributed by atoms with Crippen molar-refractivity contribution in [2.45, 2.75) is 0 Å². The number of hydrogen-bond donors (Lipinski definition) is 6. The fourth-order valence-electron chi connectivity index (χ4n) is 1.09. The molecule has 18 heavy (non-hydrogen) atoms. The number of hydrogen-bond acceptors (Lipinski definition) is 6. The Morgan fingerprint density at radius 1 is 1.06 bits per heavy atom. The van der Waals surface area contributed by atoms with E-state index < -0.39 is 23.3 Å². The Bertz CT molecular complexity index is 606. The summed E-state index contributed by atoms with van der Waals surface area (Å²) < 4.78 is -0.145. The Balaban J connectivity index is 3.58. The van der Waals surface area contributed by atoms with Crippen LogP contribution in [0.2, 0.25) is 0 Å². The van der Waals surface area contributed by atoms with Crippen LogP contribution in [-0.2, 0) is 0 Å². The molecule has 12 heteroatoms. The monoisotopic (exact) mass is 274 g/mol. The number of nitrogens with two attached hydrogens (primary N) is 4. The molecule has 0 unspecified atom stereocenters. The highest BCUT2D eigenvalue weighted by Gasteiger charge is 2.22. The molecule has 0 aliphatic carbocycles. The third-order valence-corrected chi connectivity index (χ3v) is 2.06. The molecule has 0 radical (unpaired) electrons. The van der Waals surface area contributed by atoms with Crippen LogP contribution in [0.25, 0.3) is 0 Å². The third-order valence-electron chi connectivity index (χ3n) is 1.86. The average molecular weight is 274 g/mol. The summed E-state index contributed by atoms with van der Waals surface area (Å²) in [7, 11) is 0. The number of aromatic nitrogens is 2. The van der Waals surface area contributed by atoms with Gasteiger partial charge in [-0.25, -0.2) is 31.3 Å². The summed E-state index contributed by atoms with van der Waals surface area (Å²) in [4.78, 5) is 38.0. The number of carbonyl (C=O) groups excluding carboxylic acids is 2. The van der Waals surface area contributed by atoms with E-state index >= 15 is 0 Å². The van der Waals surface area contributed by atoms with Crippen LogP contribution >= 0.6 is 12.2 Å². The van der Waals surface area contributed by atoms with Crippen molar-refractivity contribution in [2.24, 2.45) is 23.2 Å². The number of anilines is 2. The predicted molar refractivity (Wildman–Crippen MR) is 64.7 cm³/mol. The molecule has 1 aromatic heterocycles. The number of nitrogens with zero attached hydrogens (tertiary/aromatic N) is 2. The lowest BCUT2D eigenvalue weighted by Gasteiger charge is -2.20. The number of amides is 4. The second kappa shape index (κ2) is 4.82. The second-order valence-electron chi connectivity index (χ2n) is 3.02. The summed E-state index contributed by atoms with van der Waals surface area (Å²) in [6.07, 6.45) is 0. The SMILES string of the molecule is NC(=O)N(N)c1[nH]c(=S)[nH]c(=O)c1N(N)C(N)=O. The van der Waals surface area contributed by atoms with E-state index in [4.69, 9.17) is 23.2 Å². The molecule has 1 aromatic rings. The van der Waals surface area contributed by atoms with Crippen molar-refractivity contribution < 1.29 is 9.59 Å². The Kier molecular flexibility index (Phi) is 3.65. The topological polar surface area (TPSA) is 193 Å². The highest BCUT2D eigenvalue weighted by atomic mass is 32.1. The van der Waals surface area contributed by atoms with E-state index in [9.17, 15) is 14.4 Å². The average Bonchev–Trinajstić information content (AvgIpc) is 2.25. The van der Waals surface area contributed by atoms with Crippen molar-refractivity contribution >= 4 is 35.8 Å². The minimum Gasteiger partial charge on any atom is -0.350 e. The van der Waals surface area contributed by atoms with E-state index in [1.165, 1.54) is 0 Å². The molecule has 10 N–H and O–H groups in total. The van der Waals surface area contributed by atoms with E-state index in [1.54, 1.807) is 0 Å². The first kappa shape index (κ1) is 13.6. The molecule has 0 aliphatic rings. The molecule has 1 heterocycles. The van der Waals surface area contributed by atoms with Gasteiger partial charge < -0.3 is 16.5 Å². The smallest absolute Gasteiger partial charge is 0.335 e. The predicted octanol–water partition coefficient (Wildman–Crippen LogP) is -2.05. The molecule has 98 valence electrons. The Morgan fingerprint density at radius 2 is 1.56 bits per heavy atom. The summed E-state index contributed by atoms with van der Waals surface area (Å²) in [6, 6.07) is -2.25. The highest BCUT2D eigenvalue weighted by molar-refractivity contribution is 7.71. The van der Waals surface area contributed by atoms with Gasteiger partial charge in [-0.05, 0) is 12.2 Å². The molecule has 0 aromatic carbocycles. The maximum absolute atomic E-state index is 11.6. The quantitative estimate of drug-likeness (QED) is 0.155. The summed E-state index contributed by atoms with van der Waals surface area (Å²) in [5.74, 6) is 10.2. The van der Waals surface area contributed by atoms with Crippen LogP contribution in [-0.4, -0.2) is 22.0 Å². The fourth-order valence-corrected chi connectivity index (χ4v) is 1.28. The maximum atomic E-state index is 11.6. The standard InChI is InChI=1S/C6H10N8O3S/c7-4(16)13(9)1-2(14(10)5(8)17)11-6(18)12-3(1)15/h9-10H2,(H2,7,16)(H2,8,17)(H2,11,12,15,18). The fraction of sp³-hybridized carbons (Fsp3) is 0. The number of carbonyl (C=O) groups is 2. The number of aromatic amines is 2. The third kappa shape index (κ3) is 2.45. The molecule has 0 saturated carbocycles. The highest BCUT2D eigenvalue weighted by Crippen LogP contribution is 2.18. The molecule has 0 atom stereocenters. The molecule has 0 bridgehead atoms. The Hall–Kier alpha value is -2.44.